The molecule has 0 atom stereocenters. The molecule has 0 aliphatic heterocycles. The smallest absolute Gasteiger partial charge is 0.0708 e. The molecule has 2 aromatic carbocycles. The quantitative estimate of drug-likeness (QED) is 0.633. The first kappa shape index (κ1) is 10.5. The van der Waals surface area contributed by atoms with E-state index >= 15 is 0 Å². The van der Waals surface area contributed by atoms with Crippen molar-refractivity contribution in [3.63, 3.8) is 0 Å². The summed E-state index contributed by atoms with van der Waals surface area (Å²) >= 11 is 3.46. The van der Waals surface area contributed by atoms with Gasteiger partial charge in [-0.1, -0.05) is 46.3 Å². The lowest BCUT2D eigenvalue weighted by Crippen LogP contribution is -1.83. The molecule has 3 rings (SSSR count). The fourth-order valence-electron chi connectivity index (χ4n) is 1.98. The van der Waals surface area contributed by atoms with Crippen LogP contribution in [-0.4, -0.2) is 4.98 Å². The second-order valence-electron chi connectivity index (χ2n) is 3.88. The molecule has 0 aliphatic carbocycles. The van der Waals surface area contributed by atoms with Gasteiger partial charge >= 0.3 is 0 Å². The zero-order valence-corrected chi connectivity index (χ0v) is 10.7. The Morgan fingerprint density at radius 1 is 0.824 bits per heavy atom. The first-order valence-corrected chi connectivity index (χ1v) is 6.23. The highest BCUT2D eigenvalue weighted by molar-refractivity contribution is 9.10. The zero-order valence-electron chi connectivity index (χ0n) is 9.10. The lowest BCUT2D eigenvalue weighted by molar-refractivity contribution is 1.41. The average Bonchev–Trinajstić information content (AvgIpc) is 2.39. The van der Waals surface area contributed by atoms with Gasteiger partial charge in [-0.3, -0.25) is 4.98 Å². The second kappa shape index (κ2) is 4.30. The number of hydrogen-bond donors (Lipinski definition) is 0. The number of rotatable bonds is 1. The molecule has 82 valence electrons. The molecular weight excluding hydrogens is 274 g/mol. The van der Waals surface area contributed by atoms with Crippen molar-refractivity contribution in [2.75, 3.05) is 0 Å². The highest BCUT2D eigenvalue weighted by atomic mass is 79.9. The van der Waals surface area contributed by atoms with Crippen molar-refractivity contribution in [2.24, 2.45) is 0 Å². The van der Waals surface area contributed by atoms with Crippen LogP contribution in [0.2, 0.25) is 0 Å². The normalized spacial score (nSPS) is 10.6. The van der Waals surface area contributed by atoms with Crippen LogP contribution in [0.4, 0.5) is 0 Å². The van der Waals surface area contributed by atoms with E-state index in [4.69, 9.17) is 0 Å². The maximum atomic E-state index is 4.38. The van der Waals surface area contributed by atoms with Crippen molar-refractivity contribution in [1.29, 1.82) is 0 Å². The van der Waals surface area contributed by atoms with E-state index < -0.39 is 0 Å². The fourth-order valence-corrected chi connectivity index (χ4v) is 2.25. The van der Waals surface area contributed by atoms with E-state index in [1.165, 1.54) is 16.5 Å². The van der Waals surface area contributed by atoms with Crippen molar-refractivity contribution in [3.05, 3.63) is 65.3 Å². The third-order valence-corrected chi connectivity index (χ3v) is 3.33. The van der Waals surface area contributed by atoms with E-state index in [0.29, 0.717) is 0 Å². The molecule has 2 heteroatoms. The van der Waals surface area contributed by atoms with Crippen molar-refractivity contribution in [1.82, 2.24) is 4.98 Å². The molecule has 0 spiro atoms. The Labute approximate surface area is 108 Å². The number of hydrogen-bond acceptors (Lipinski definition) is 1. The van der Waals surface area contributed by atoms with Gasteiger partial charge < -0.3 is 0 Å². The molecule has 0 bridgehead atoms. The minimum Gasteiger partial charge on any atom is -0.256 e. The third-order valence-electron chi connectivity index (χ3n) is 2.80. The summed E-state index contributed by atoms with van der Waals surface area (Å²) in [7, 11) is 0. The van der Waals surface area contributed by atoms with Crippen LogP contribution in [-0.2, 0) is 0 Å². The number of aromatic nitrogens is 1. The third kappa shape index (κ3) is 1.96. The topological polar surface area (TPSA) is 12.9 Å². The summed E-state index contributed by atoms with van der Waals surface area (Å²) in [5, 5.41) is 1.19. The first-order valence-electron chi connectivity index (χ1n) is 5.44. The van der Waals surface area contributed by atoms with Gasteiger partial charge in [-0.2, -0.15) is 0 Å². The molecule has 1 aromatic heterocycles. The molecule has 0 saturated carbocycles. The second-order valence-corrected chi connectivity index (χ2v) is 4.80. The minimum absolute atomic E-state index is 1.04. The van der Waals surface area contributed by atoms with Crippen molar-refractivity contribution < 1.29 is 0 Å². The SMILES string of the molecule is Brc1ccc(-c2cccc3ncccc23)cc1. The van der Waals surface area contributed by atoms with Gasteiger partial charge in [-0.05, 0) is 35.4 Å². The number of fused-ring (bicyclic) bond motifs is 1. The molecular formula is C15H10BrN. The Bertz CT molecular complexity index is 654. The monoisotopic (exact) mass is 283 g/mol. The summed E-state index contributed by atoms with van der Waals surface area (Å²) in [6, 6.07) is 18.7. The predicted octanol–water partition coefficient (Wildman–Crippen LogP) is 4.66. The summed E-state index contributed by atoms with van der Waals surface area (Å²) < 4.78 is 1.10. The van der Waals surface area contributed by atoms with Gasteiger partial charge in [0.1, 0.15) is 0 Å². The minimum atomic E-state index is 1.04. The van der Waals surface area contributed by atoms with Gasteiger partial charge in [-0.15, -0.1) is 0 Å². The van der Waals surface area contributed by atoms with Crippen LogP contribution in [0.3, 0.4) is 0 Å². The standard InChI is InChI=1S/C15H10BrN/c16-12-8-6-11(7-9-12)13-3-1-5-15-14(13)4-2-10-17-15/h1-10H. The molecule has 0 saturated heterocycles. The largest absolute Gasteiger partial charge is 0.256 e. The molecule has 0 aliphatic rings. The van der Waals surface area contributed by atoms with Crippen molar-refractivity contribution >= 4 is 26.8 Å². The summed E-state index contributed by atoms with van der Waals surface area (Å²) in [6.07, 6.45) is 1.83. The summed E-state index contributed by atoms with van der Waals surface area (Å²) in [4.78, 5) is 4.38. The van der Waals surface area contributed by atoms with Crippen LogP contribution in [0.25, 0.3) is 22.0 Å². The van der Waals surface area contributed by atoms with Crippen LogP contribution in [0.5, 0.6) is 0 Å². The maximum absolute atomic E-state index is 4.38. The highest BCUT2D eigenvalue weighted by Gasteiger charge is 2.03. The van der Waals surface area contributed by atoms with Crippen molar-refractivity contribution in [3.8, 4) is 11.1 Å². The highest BCUT2D eigenvalue weighted by Crippen LogP contribution is 2.28. The van der Waals surface area contributed by atoms with Crippen LogP contribution >= 0.6 is 15.9 Å². The molecule has 0 N–H and O–H groups in total. The van der Waals surface area contributed by atoms with Crippen LogP contribution in [0.1, 0.15) is 0 Å². The molecule has 0 unspecified atom stereocenters. The Hall–Kier alpha value is -1.67. The van der Waals surface area contributed by atoms with E-state index in [1.54, 1.807) is 0 Å². The number of halogens is 1. The molecule has 1 nitrogen and oxygen atoms in total. The van der Waals surface area contributed by atoms with Crippen molar-refractivity contribution in [2.45, 2.75) is 0 Å². The Morgan fingerprint density at radius 2 is 1.65 bits per heavy atom. The molecule has 0 fully saturated rings. The Balaban J connectivity index is 2.27. The van der Waals surface area contributed by atoms with Gasteiger partial charge in [0.2, 0.25) is 0 Å². The molecule has 0 radical (unpaired) electrons. The number of nitrogens with zero attached hydrogens (tertiary/aromatic N) is 1. The Morgan fingerprint density at radius 3 is 2.47 bits per heavy atom. The summed E-state index contributed by atoms with van der Waals surface area (Å²) in [6.45, 7) is 0. The van der Waals surface area contributed by atoms with Gasteiger partial charge in [0.15, 0.2) is 0 Å². The van der Waals surface area contributed by atoms with E-state index in [9.17, 15) is 0 Å². The van der Waals surface area contributed by atoms with E-state index in [2.05, 4.69) is 57.3 Å². The molecule has 17 heavy (non-hydrogen) atoms. The van der Waals surface area contributed by atoms with Crippen LogP contribution < -0.4 is 0 Å². The maximum Gasteiger partial charge on any atom is 0.0708 e. The number of benzene rings is 2. The van der Waals surface area contributed by atoms with E-state index in [-0.39, 0.29) is 0 Å². The molecule has 0 amide bonds. The van der Waals surface area contributed by atoms with Gasteiger partial charge in [0.05, 0.1) is 5.52 Å². The molecule has 3 aromatic rings. The van der Waals surface area contributed by atoms with Gasteiger partial charge in [0.25, 0.3) is 0 Å². The summed E-state index contributed by atoms with van der Waals surface area (Å²) in [5.74, 6) is 0. The van der Waals surface area contributed by atoms with E-state index in [1.807, 2.05) is 24.4 Å². The first-order chi connectivity index (χ1) is 8.34. The van der Waals surface area contributed by atoms with Gasteiger partial charge in [0, 0.05) is 16.1 Å². The Kier molecular flexibility index (Phi) is 2.65. The fraction of sp³-hybridized carbons (Fsp3) is 0. The zero-order chi connectivity index (χ0) is 11.7. The lowest BCUT2D eigenvalue weighted by atomic mass is 10.0. The lowest BCUT2D eigenvalue weighted by Gasteiger charge is -2.06. The van der Waals surface area contributed by atoms with Gasteiger partial charge in [-0.25, -0.2) is 0 Å². The number of pyridine rings is 1. The van der Waals surface area contributed by atoms with Crippen LogP contribution in [0.15, 0.2) is 65.3 Å². The summed E-state index contributed by atoms with van der Waals surface area (Å²) in [5.41, 5.74) is 3.47. The van der Waals surface area contributed by atoms with E-state index in [0.717, 1.165) is 9.99 Å². The average molecular weight is 284 g/mol. The van der Waals surface area contributed by atoms with Crippen LogP contribution in [0, 0.1) is 0 Å². The predicted molar refractivity (Wildman–Crippen MR) is 74.9 cm³/mol. The molecule has 1 heterocycles.